The van der Waals surface area contributed by atoms with Gasteiger partial charge in [-0.1, -0.05) is 6.92 Å². The second-order valence-electron chi connectivity index (χ2n) is 4.85. The number of carbonyl (C=O) groups excluding carboxylic acids is 1. The van der Waals surface area contributed by atoms with E-state index in [9.17, 15) is 9.59 Å². The third-order valence-corrected chi connectivity index (χ3v) is 2.94. The van der Waals surface area contributed by atoms with Crippen LogP contribution in [0.4, 0.5) is 0 Å². The molecule has 0 unspecified atom stereocenters. The van der Waals surface area contributed by atoms with Crippen molar-refractivity contribution in [2.45, 2.75) is 6.92 Å². The smallest absolute Gasteiger partial charge is 0.251 e. The third-order valence-electron chi connectivity index (χ3n) is 2.94. The number of nitrogens with zero attached hydrogens (tertiary/aromatic N) is 1. The number of hydrogen-bond donors (Lipinski definition) is 1. The second kappa shape index (κ2) is 4.33. The first-order chi connectivity index (χ1) is 8.00. The van der Waals surface area contributed by atoms with Gasteiger partial charge in [-0.15, -0.1) is 0 Å². The van der Waals surface area contributed by atoms with Crippen LogP contribution in [0, 0.1) is 5.41 Å². The van der Waals surface area contributed by atoms with Gasteiger partial charge in [0.2, 0.25) is 0 Å². The van der Waals surface area contributed by atoms with Crippen LogP contribution in [0.25, 0.3) is 0 Å². The van der Waals surface area contributed by atoms with E-state index in [1.807, 2.05) is 0 Å². The highest BCUT2D eigenvalue weighted by molar-refractivity contribution is 5.93. The Morgan fingerprint density at radius 2 is 2.29 bits per heavy atom. The summed E-state index contributed by atoms with van der Waals surface area (Å²) in [4.78, 5) is 23.2. The maximum absolute atomic E-state index is 11.8. The monoisotopic (exact) mass is 236 g/mol. The predicted octanol–water partition coefficient (Wildman–Crippen LogP) is 0.152. The van der Waals surface area contributed by atoms with Crippen LogP contribution in [-0.2, 0) is 11.8 Å². The van der Waals surface area contributed by atoms with Crippen molar-refractivity contribution >= 4 is 5.91 Å². The molecule has 0 atom stereocenters. The zero-order valence-corrected chi connectivity index (χ0v) is 10.0. The molecular weight excluding hydrogens is 220 g/mol. The van der Waals surface area contributed by atoms with E-state index in [1.54, 1.807) is 19.3 Å². The molecule has 1 aromatic heterocycles. The fourth-order valence-corrected chi connectivity index (χ4v) is 1.64. The average molecular weight is 236 g/mol. The summed E-state index contributed by atoms with van der Waals surface area (Å²) in [5.41, 5.74) is 0.253. The maximum atomic E-state index is 11.8. The molecule has 0 bridgehead atoms. The first kappa shape index (κ1) is 11.9. The van der Waals surface area contributed by atoms with Crippen LogP contribution in [0.15, 0.2) is 23.1 Å². The zero-order chi connectivity index (χ0) is 12.5. The van der Waals surface area contributed by atoms with Gasteiger partial charge >= 0.3 is 0 Å². The standard InChI is InChI=1S/C12H16N2O3/c1-12(7-17-8-12)6-13-11(16)9-3-4-14(2)10(15)5-9/h3-5H,6-8H2,1-2H3,(H,13,16). The Hall–Kier alpha value is -1.62. The van der Waals surface area contributed by atoms with Crippen molar-refractivity contribution in [2.24, 2.45) is 12.5 Å². The first-order valence-electron chi connectivity index (χ1n) is 5.53. The molecule has 0 radical (unpaired) electrons. The van der Waals surface area contributed by atoms with Crippen molar-refractivity contribution in [3.63, 3.8) is 0 Å². The number of rotatable bonds is 3. The number of ether oxygens (including phenoxy) is 1. The van der Waals surface area contributed by atoms with E-state index in [-0.39, 0.29) is 16.9 Å². The second-order valence-corrected chi connectivity index (χ2v) is 4.85. The highest BCUT2D eigenvalue weighted by Gasteiger charge is 2.33. The number of aromatic nitrogens is 1. The van der Waals surface area contributed by atoms with Crippen LogP contribution in [0.1, 0.15) is 17.3 Å². The Morgan fingerprint density at radius 3 is 2.82 bits per heavy atom. The van der Waals surface area contributed by atoms with Crippen molar-refractivity contribution in [3.05, 3.63) is 34.2 Å². The van der Waals surface area contributed by atoms with Gasteiger partial charge < -0.3 is 14.6 Å². The average Bonchev–Trinajstić information content (AvgIpc) is 2.27. The van der Waals surface area contributed by atoms with E-state index < -0.39 is 0 Å². The molecule has 0 saturated carbocycles. The van der Waals surface area contributed by atoms with E-state index in [0.717, 1.165) is 0 Å². The van der Waals surface area contributed by atoms with Crippen molar-refractivity contribution < 1.29 is 9.53 Å². The van der Waals surface area contributed by atoms with Crippen molar-refractivity contribution in [3.8, 4) is 0 Å². The molecule has 92 valence electrons. The van der Waals surface area contributed by atoms with Gasteiger partial charge in [-0.2, -0.15) is 0 Å². The molecule has 1 aliphatic heterocycles. The van der Waals surface area contributed by atoms with Crippen LogP contribution in [0.5, 0.6) is 0 Å². The van der Waals surface area contributed by atoms with Crippen molar-refractivity contribution in [2.75, 3.05) is 19.8 Å². The van der Waals surface area contributed by atoms with Crippen LogP contribution in [-0.4, -0.2) is 30.2 Å². The topological polar surface area (TPSA) is 60.3 Å². The fourth-order valence-electron chi connectivity index (χ4n) is 1.64. The van der Waals surface area contributed by atoms with E-state index >= 15 is 0 Å². The molecule has 0 aliphatic carbocycles. The van der Waals surface area contributed by atoms with Gasteiger partial charge in [0, 0.05) is 36.8 Å². The van der Waals surface area contributed by atoms with Gasteiger partial charge in [0.25, 0.3) is 11.5 Å². The van der Waals surface area contributed by atoms with E-state index in [4.69, 9.17) is 4.74 Å². The predicted molar refractivity (Wildman–Crippen MR) is 62.9 cm³/mol. The fraction of sp³-hybridized carbons (Fsp3) is 0.500. The number of hydrogen-bond acceptors (Lipinski definition) is 3. The molecule has 0 aromatic carbocycles. The Bertz CT molecular complexity index is 489. The largest absolute Gasteiger partial charge is 0.380 e. The lowest BCUT2D eigenvalue weighted by molar-refractivity contribution is -0.0978. The molecule has 1 aromatic rings. The number of nitrogens with one attached hydrogen (secondary N) is 1. The normalized spacial score (nSPS) is 17.3. The van der Waals surface area contributed by atoms with Crippen LogP contribution >= 0.6 is 0 Å². The molecule has 1 saturated heterocycles. The van der Waals surface area contributed by atoms with Gasteiger partial charge in [-0.05, 0) is 6.07 Å². The van der Waals surface area contributed by atoms with E-state index in [0.29, 0.717) is 25.3 Å². The Balaban J connectivity index is 1.99. The van der Waals surface area contributed by atoms with Gasteiger partial charge in [0.05, 0.1) is 13.2 Å². The molecule has 17 heavy (non-hydrogen) atoms. The Kier molecular flexibility index (Phi) is 3.02. The molecular formula is C12H16N2O3. The lowest BCUT2D eigenvalue weighted by Gasteiger charge is -2.38. The number of carbonyl (C=O) groups is 1. The summed E-state index contributed by atoms with van der Waals surface area (Å²) >= 11 is 0. The van der Waals surface area contributed by atoms with Crippen LogP contribution < -0.4 is 10.9 Å². The van der Waals surface area contributed by atoms with Crippen LogP contribution in [0.2, 0.25) is 0 Å². The summed E-state index contributed by atoms with van der Waals surface area (Å²) in [6.45, 7) is 3.97. The van der Waals surface area contributed by atoms with Gasteiger partial charge in [-0.3, -0.25) is 9.59 Å². The highest BCUT2D eigenvalue weighted by atomic mass is 16.5. The lowest BCUT2D eigenvalue weighted by Crippen LogP contribution is -2.48. The molecule has 1 N–H and O–H groups in total. The zero-order valence-electron chi connectivity index (χ0n) is 10.0. The summed E-state index contributed by atoms with van der Waals surface area (Å²) < 4.78 is 6.53. The minimum absolute atomic E-state index is 0.0371. The van der Waals surface area contributed by atoms with Crippen molar-refractivity contribution in [1.29, 1.82) is 0 Å². The lowest BCUT2D eigenvalue weighted by atomic mass is 9.89. The molecule has 2 rings (SSSR count). The molecule has 2 heterocycles. The quantitative estimate of drug-likeness (QED) is 0.812. The molecule has 1 fully saturated rings. The van der Waals surface area contributed by atoms with Gasteiger partial charge in [0.15, 0.2) is 0 Å². The summed E-state index contributed by atoms with van der Waals surface area (Å²) in [6, 6.07) is 2.98. The summed E-state index contributed by atoms with van der Waals surface area (Å²) in [5, 5.41) is 2.82. The third kappa shape index (κ3) is 2.55. The minimum Gasteiger partial charge on any atom is -0.380 e. The number of pyridine rings is 1. The van der Waals surface area contributed by atoms with Crippen LogP contribution in [0.3, 0.4) is 0 Å². The maximum Gasteiger partial charge on any atom is 0.251 e. The summed E-state index contributed by atoms with van der Waals surface area (Å²) in [7, 11) is 1.65. The van der Waals surface area contributed by atoms with Crippen molar-refractivity contribution in [1.82, 2.24) is 9.88 Å². The van der Waals surface area contributed by atoms with E-state index in [2.05, 4.69) is 12.2 Å². The minimum atomic E-state index is -0.212. The molecule has 5 heteroatoms. The SMILES string of the molecule is Cn1ccc(C(=O)NCC2(C)COC2)cc1=O. The molecule has 0 spiro atoms. The molecule has 5 nitrogen and oxygen atoms in total. The summed E-state index contributed by atoms with van der Waals surface area (Å²) in [5.74, 6) is -0.212. The van der Waals surface area contributed by atoms with Gasteiger partial charge in [0.1, 0.15) is 0 Å². The first-order valence-corrected chi connectivity index (χ1v) is 5.53. The number of aryl methyl sites for hydroxylation is 1. The number of amides is 1. The molecule has 1 aliphatic rings. The van der Waals surface area contributed by atoms with Gasteiger partial charge in [-0.25, -0.2) is 0 Å². The Morgan fingerprint density at radius 1 is 1.59 bits per heavy atom. The van der Waals surface area contributed by atoms with E-state index in [1.165, 1.54) is 10.6 Å². The molecule has 1 amide bonds. The Labute approximate surface area is 99.4 Å². The highest BCUT2D eigenvalue weighted by Crippen LogP contribution is 2.25. The summed E-state index contributed by atoms with van der Waals surface area (Å²) in [6.07, 6.45) is 1.59.